The SMILES string of the molecule is CCc1nnc(CN2CCN(C(=O)c3sc4ccccc4c3C)CC2)o1. The molecule has 0 radical (unpaired) electrons. The summed E-state index contributed by atoms with van der Waals surface area (Å²) in [6.07, 6.45) is 0.754. The molecule has 0 bridgehead atoms. The van der Waals surface area contributed by atoms with Crippen molar-refractivity contribution in [1.29, 1.82) is 0 Å². The summed E-state index contributed by atoms with van der Waals surface area (Å²) < 4.78 is 6.76. The number of nitrogens with zero attached hydrogens (tertiary/aromatic N) is 4. The van der Waals surface area contributed by atoms with E-state index in [1.54, 1.807) is 11.3 Å². The Morgan fingerprint density at radius 1 is 1.15 bits per heavy atom. The molecule has 6 nitrogen and oxygen atoms in total. The maximum atomic E-state index is 13.0. The Labute approximate surface area is 156 Å². The van der Waals surface area contributed by atoms with E-state index in [1.165, 1.54) is 10.1 Å². The predicted molar refractivity (Wildman–Crippen MR) is 101 cm³/mol. The summed E-state index contributed by atoms with van der Waals surface area (Å²) in [6.45, 7) is 7.78. The molecule has 0 saturated carbocycles. The molecule has 3 heterocycles. The fourth-order valence-corrected chi connectivity index (χ4v) is 4.49. The maximum Gasteiger partial charge on any atom is 0.264 e. The van der Waals surface area contributed by atoms with Gasteiger partial charge in [-0.3, -0.25) is 9.69 Å². The molecule has 1 amide bonds. The second-order valence-electron chi connectivity index (χ2n) is 6.56. The first kappa shape index (κ1) is 17.2. The smallest absolute Gasteiger partial charge is 0.264 e. The van der Waals surface area contributed by atoms with Crippen molar-refractivity contribution in [1.82, 2.24) is 20.0 Å². The van der Waals surface area contributed by atoms with E-state index in [4.69, 9.17) is 4.42 Å². The van der Waals surface area contributed by atoms with Gasteiger partial charge in [0.2, 0.25) is 11.8 Å². The van der Waals surface area contributed by atoms with Crippen molar-refractivity contribution in [2.24, 2.45) is 0 Å². The fourth-order valence-electron chi connectivity index (χ4n) is 3.32. The summed E-state index contributed by atoms with van der Waals surface area (Å²) in [6, 6.07) is 8.21. The lowest BCUT2D eigenvalue weighted by molar-refractivity contribution is 0.0622. The van der Waals surface area contributed by atoms with E-state index in [0.717, 1.165) is 43.0 Å². The number of fused-ring (bicyclic) bond motifs is 1. The van der Waals surface area contributed by atoms with Gasteiger partial charge in [0.1, 0.15) is 0 Å². The number of benzene rings is 1. The topological polar surface area (TPSA) is 62.5 Å². The minimum absolute atomic E-state index is 0.148. The highest BCUT2D eigenvalue weighted by molar-refractivity contribution is 7.21. The largest absolute Gasteiger partial charge is 0.424 e. The van der Waals surface area contributed by atoms with Crippen LogP contribution in [0.2, 0.25) is 0 Å². The Bertz CT molecular complexity index is 925. The summed E-state index contributed by atoms with van der Waals surface area (Å²) in [7, 11) is 0. The first-order valence-electron chi connectivity index (χ1n) is 8.96. The Balaban J connectivity index is 1.40. The molecule has 136 valence electrons. The maximum absolute atomic E-state index is 13.0. The average molecular weight is 370 g/mol. The number of hydrogen-bond donors (Lipinski definition) is 0. The van der Waals surface area contributed by atoms with Crippen molar-refractivity contribution < 1.29 is 9.21 Å². The highest BCUT2D eigenvalue weighted by Gasteiger charge is 2.26. The van der Waals surface area contributed by atoms with Gasteiger partial charge in [0.05, 0.1) is 11.4 Å². The van der Waals surface area contributed by atoms with Crippen LogP contribution in [-0.2, 0) is 13.0 Å². The molecule has 2 aromatic heterocycles. The number of rotatable bonds is 4. The number of amides is 1. The Morgan fingerprint density at radius 3 is 2.58 bits per heavy atom. The van der Waals surface area contributed by atoms with Gasteiger partial charge < -0.3 is 9.32 Å². The van der Waals surface area contributed by atoms with Crippen LogP contribution in [-0.4, -0.2) is 52.1 Å². The van der Waals surface area contributed by atoms with Crippen molar-refractivity contribution in [3.63, 3.8) is 0 Å². The second-order valence-corrected chi connectivity index (χ2v) is 7.62. The second kappa shape index (κ2) is 7.17. The van der Waals surface area contributed by atoms with Crippen LogP contribution < -0.4 is 0 Å². The molecule has 1 aliphatic heterocycles. The highest BCUT2D eigenvalue weighted by Crippen LogP contribution is 2.31. The molecule has 4 rings (SSSR count). The van der Waals surface area contributed by atoms with Crippen molar-refractivity contribution in [2.45, 2.75) is 26.8 Å². The molecule has 1 aliphatic rings. The molecule has 26 heavy (non-hydrogen) atoms. The molecule has 0 N–H and O–H groups in total. The molecule has 1 saturated heterocycles. The van der Waals surface area contributed by atoms with E-state index in [1.807, 2.05) is 30.9 Å². The lowest BCUT2D eigenvalue weighted by Crippen LogP contribution is -2.48. The van der Waals surface area contributed by atoms with Crippen LogP contribution in [0.25, 0.3) is 10.1 Å². The van der Waals surface area contributed by atoms with Crippen LogP contribution in [0.5, 0.6) is 0 Å². The third-order valence-electron chi connectivity index (χ3n) is 4.87. The zero-order valence-corrected chi connectivity index (χ0v) is 15.9. The minimum atomic E-state index is 0.148. The Kier molecular flexibility index (Phi) is 4.74. The zero-order valence-electron chi connectivity index (χ0n) is 15.1. The molecular formula is C19H22N4O2S. The highest BCUT2D eigenvalue weighted by atomic mass is 32.1. The van der Waals surface area contributed by atoms with Crippen molar-refractivity contribution in [2.75, 3.05) is 26.2 Å². The number of aromatic nitrogens is 2. The standard InChI is InChI=1S/C19H22N4O2S/c1-3-16-20-21-17(25-16)12-22-8-10-23(11-9-22)19(24)18-13(2)14-6-4-5-7-15(14)26-18/h4-7H,3,8-12H2,1-2H3. The van der Waals surface area contributed by atoms with E-state index in [2.05, 4.69) is 27.2 Å². The summed E-state index contributed by atoms with van der Waals surface area (Å²) in [4.78, 5) is 18.1. The molecule has 3 aromatic rings. The van der Waals surface area contributed by atoms with Crippen molar-refractivity contribution in [3.8, 4) is 0 Å². The molecular weight excluding hydrogens is 348 g/mol. The van der Waals surface area contributed by atoms with Gasteiger partial charge in [-0.15, -0.1) is 21.5 Å². The van der Waals surface area contributed by atoms with Crippen LogP contribution in [0.3, 0.4) is 0 Å². The van der Waals surface area contributed by atoms with E-state index in [0.29, 0.717) is 18.3 Å². The van der Waals surface area contributed by atoms with Crippen molar-refractivity contribution >= 4 is 27.3 Å². The number of aryl methyl sites for hydroxylation is 2. The van der Waals surface area contributed by atoms with E-state index in [9.17, 15) is 4.79 Å². The van der Waals surface area contributed by atoms with Gasteiger partial charge in [0, 0.05) is 37.3 Å². The van der Waals surface area contributed by atoms with Crippen LogP contribution in [0.1, 0.15) is 33.9 Å². The molecule has 1 aromatic carbocycles. The van der Waals surface area contributed by atoms with Crippen LogP contribution in [0.4, 0.5) is 0 Å². The van der Waals surface area contributed by atoms with Crippen LogP contribution in [0, 0.1) is 6.92 Å². The van der Waals surface area contributed by atoms with Gasteiger partial charge in [-0.05, 0) is 23.9 Å². The molecule has 0 atom stereocenters. The van der Waals surface area contributed by atoms with Gasteiger partial charge in [-0.2, -0.15) is 0 Å². The lowest BCUT2D eigenvalue weighted by Gasteiger charge is -2.33. The number of thiophene rings is 1. The van der Waals surface area contributed by atoms with Gasteiger partial charge in [0.25, 0.3) is 5.91 Å². The van der Waals surface area contributed by atoms with E-state index < -0.39 is 0 Å². The lowest BCUT2D eigenvalue weighted by atomic mass is 10.1. The van der Waals surface area contributed by atoms with Crippen LogP contribution in [0.15, 0.2) is 28.7 Å². The summed E-state index contributed by atoms with van der Waals surface area (Å²) >= 11 is 1.60. The molecule has 7 heteroatoms. The third-order valence-corrected chi connectivity index (χ3v) is 6.13. The van der Waals surface area contributed by atoms with Gasteiger partial charge in [-0.1, -0.05) is 25.1 Å². The average Bonchev–Trinajstić information content (AvgIpc) is 3.26. The first-order valence-corrected chi connectivity index (χ1v) is 9.78. The van der Waals surface area contributed by atoms with E-state index in [-0.39, 0.29) is 5.91 Å². The monoisotopic (exact) mass is 370 g/mol. The first-order chi connectivity index (χ1) is 12.7. The summed E-state index contributed by atoms with van der Waals surface area (Å²) in [5.41, 5.74) is 1.09. The van der Waals surface area contributed by atoms with Crippen LogP contribution >= 0.6 is 11.3 Å². The zero-order chi connectivity index (χ0) is 18.1. The molecule has 0 spiro atoms. The predicted octanol–water partition coefficient (Wildman–Crippen LogP) is 3.11. The minimum Gasteiger partial charge on any atom is -0.424 e. The summed E-state index contributed by atoms with van der Waals surface area (Å²) in [5.74, 6) is 1.48. The van der Waals surface area contributed by atoms with Gasteiger partial charge in [0.15, 0.2) is 0 Å². The molecule has 0 unspecified atom stereocenters. The number of carbonyl (C=O) groups is 1. The summed E-state index contributed by atoms with van der Waals surface area (Å²) in [5, 5.41) is 9.27. The fraction of sp³-hybridized carbons (Fsp3) is 0.421. The third kappa shape index (κ3) is 3.24. The molecule has 0 aliphatic carbocycles. The number of hydrogen-bond acceptors (Lipinski definition) is 6. The number of carbonyl (C=O) groups excluding carboxylic acids is 1. The normalized spacial score (nSPS) is 15.7. The van der Waals surface area contributed by atoms with E-state index >= 15 is 0 Å². The van der Waals surface area contributed by atoms with Gasteiger partial charge >= 0.3 is 0 Å². The molecule has 1 fully saturated rings. The quantitative estimate of drug-likeness (QED) is 0.706. The Hall–Kier alpha value is -2.25. The number of piperazine rings is 1. The Morgan fingerprint density at radius 2 is 1.88 bits per heavy atom. The van der Waals surface area contributed by atoms with Crippen molar-refractivity contribution in [3.05, 3.63) is 46.5 Å². The van der Waals surface area contributed by atoms with Gasteiger partial charge in [-0.25, -0.2) is 0 Å².